The molecule has 3 heterocycles. The third-order valence-corrected chi connectivity index (χ3v) is 9.10. The summed E-state index contributed by atoms with van der Waals surface area (Å²) in [5.74, 6) is 0. The van der Waals surface area contributed by atoms with Gasteiger partial charge in [0.2, 0.25) is 5.69 Å². The van der Waals surface area contributed by atoms with Crippen LogP contribution in [0, 0.1) is 5.41 Å². The number of pyridine rings is 1. The lowest BCUT2D eigenvalue weighted by molar-refractivity contribution is -0.571. The Hall–Kier alpha value is -4.24. The smallest absolute Gasteiger partial charge is 0.218 e. The normalized spacial score (nSPS) is 21.7. The highest BCUT2D eigenvalue weighted by Crippen LogP contribution is 2.49. The topological polar surface area (TPSA) is 21.2 Å². The second kappa shape index (κ2) is 9.81. The highest BCUT2D eigenvalue weighted by molar-refractivity contribution is 5.85. The number of hydrogen-bond donors (Lipinski definition) is 0. The van der Waals surface area contributed by atoms with Gasteiger partial charge in [-0.3, -0.25) is 4.99 Å². The molecule has 4 aromatic rings. The van der Waals surface area contributed by atoms with Gasteiger partial charge in [-0.15, -0.1) is 0 Å². The molecule has 0 bridgehead atoms. The third kappa shape index (κ3) is 4.23. The van der Waals surface area contributed by atoms with Gasteiger partial charge in [0, 0.05) is 44.8 Å². The molecule has 39 heavy (non-hydrogen) atoms. The van der Waals surface area contributed by atoms with E-state index in [-0.39, 0.29) is 5.41 Å². The van der Waals surface area contributed by atoms with Crippen LogP contribution in [0.2, 0.25) is 0 Å². The molecule has 1 aliphatic heterocycles. The molecule has 0 amide bonds. The predicted molar refractivity (Wildman–Crippen MR) is 168 cm³/mol. The molecule has 0 saturated carbocycles. The Morgan fingerprint density at radius 1 is 0.974 bits per heavy atom. The highest BCUT2D eigenvalue weighted by atomic mass is 15.0. The highest BCUT2D eigenvalue weighted by Gasteiger charge is 2.47. The molecule has 0 spiro atoms. The summed E-state index contributed by atoms with van der Waals surface area (Å²) in [7, 11) is 0. The number of aliphatic imine (C=N–C) groups is 1. The summed E-state index contributed by atoms with van der Waals surface area (Å²) in [5.41, 5.74) is 7.02. The molecule has 3 nitrogen and oxygen atoms in total. The Morgan fingerprint density at radius 2 is 1.67 bits per heavy atom. The Morgan fingerprint density at radius 3 is 2.44 bits per heavy atom. The van der Waals surface area contributed by atoms with E-state index in [1.165, 1.54) is 16.7 Å². The van der Waals surface area contributed by atoms with Crippen molar-refractivity contribution >= 4 is 42.2 Å². The Balaban J connectivity index is 1.65. The predicted octanol–water partition coefficient (Wildman–Crippen LogP) is 6.81. The van der Waals surface area contributed by atoms with Crippen molar-refractivity contribution in [1.29, 1.82) is 0 Å². The quantitative estimate of drug-likeness (QED) is 0.163. The molecule has 2 unspecified atom stereocenters. The van der Waals surface area contributed by atoms with Crippen LogP contribution < -0.4 is 15.1 Å². The molecule has 196 valence electrons. The number of aryl methyl sites for hydroxylation is 1. The zero-order valence-corrected chi connectivity index (χ0v) is 23.5. The minimum absolute atomic E-state index is 0.321. The number of fused-ring (bicyclic) bond motifs is 4. The summed E-state index contributed by atoms with van der Waals surface area (Å²) in [6.45, 7) is 28.5. The molecule has 3 heteroatoms. The summed E-state index contributed by atoms with van der Waals surface area (Å²) < 4.78 is 4.33. The molecule has 0 radical (unpaired) electrons. The molecule has 0 aliphatic carbocycles. The van der Waals surface area contributed by atoms with E-state index in [9.17, 15) is 0 Å². The molecule has 0 N–H and O–H groups in total. The summed E-state index contributed by atoms with van der Waals surface area (Å²) in [4.78, 5) is 4.83. The van der Waals surface area contributed by atoms with Crippen molar-refractivity contribution in [3.8, 4) is 11.3 Å². The number of para-hydroxylation sites is 1. The van der Waals surface area contributed by atoms with Crippen molar-refractivity contribution < 1.29 is 4.57 Å². The van der Waals surface area contributed by atoms with Gasteiger partial charge < -0.3 is 4.57 Å². The first-order valence-electron chi connectivity index (χ1n) is 13.5. The molecule has 2 aromatic carbocycles. The van der Waals surface area contributed by atoms with Gasteiger partial charge in [0.15, 0.2) is 11.9 Å². The number of aromatic nitrogens is 2. The Labute approximate surface area is 232 Å². The maximum absolute atomic E-state index is 4.83. The van der Waals surface area contributed by atoms with Crippen LogP contribution in [0.15, 0.2) is 103 Å². The molecule has 2 atom stereocenters. The molecular formula is C36H38N3+. The SMILES string of the molecule is C=NC1(C)CC(=C)[n+]2ccccc2-c2ccccc2CCC1(C)/C(C)=C/C(=C)n1c(=C)c(=C)c2ccccc21. The molecule has 2 aromatic heterocycles. The van der Waals surface area contributed by atoms with Crippen LogP contribution in [0.5, 0.6) is 0 Å². The summed E-state index contributed by atoms with van der Waals surface area (Å²) in [6, 6.07) is 23.3. The number of benzene rings is 2. The van der Waals surface area contributed by atoms with Crippen LogP contribution in [0.3, 0.4) is 0 Å². The minimum atomic E-state index is -0.499. The van der Waals surface area contributed by atoms with Crippen molar-refractivity contribution in [2.24, 2.45) is 10.4 Å². The van der Waals surface area contributed by atoms with Crippen molar-refractivity contribution in [3.63, 3.8) is 0 Å². The largest absolute Gasteiger partial charge is 0.310 e. The lowest BCUT2D eigenvalue weighted by Crippen LogP contribution is -2.47. The van der Waals surface area contributed by atoms with Crippen molar-refractivity contribution in [3.05, 3.63) is 114 Å². The Kier molecular flexibility index (Phi) is 6.64. The van der Waals surface area contributed by atoms with Crippen LogP contribution in [0.4, 0.5) is 0 Å². The number of allylic oxidation sites excluding steroid dienone is 2. The molecule has 0 saturated heterocycles. The fourth-order valence-corrected chi connectivity index (χ4v) is 6.27. The van der Waals surface area contributed by atoms with Crippen molar-refractivity contribution in [1.82, 2.24) is 4.57 Å². The van der Waals surface area contributed by atoms with Gasteiger partial charge in [-0.2, -0.15) is 4.57 Å². The van der Waals surface area contributed by atoms with Crippen LogP contribution in [-0.4, -0.2) is 16.8 Å². The van der Waals surface area contributed by atoms with E-state index >= 15 is 0 Å². The van der Waals surface area contributed by atoms with Crippen LogP contribution in [0.1, 0.15) is 39.2 Å². The van der Waals surface area contributed by atoms with E-state index in [2.05, 4.69) is 130 Å². The summed E-state index contributed by atoms with van der Waals surface area (Å²) >= 11 is 0. The zero-order valence-electron chi connectivity index (χ0n) is 23.5. The number of rotatable bonds is 4. The van der Waals surface area contributed by atoms with Gasteiger partial charge in [-0.25, -0.2) is 0 Å². The summed E-state index contributed by atoms with van der Waals surface area (Å²) in [5, 5.41) is 2.89. The van der Waals surface area contributed by atoms with E-state index in [0.717, 1.165) is 51.4 Å². The van der Waals surface area contributed by atoms with Crippen LogP contribution in [-0.2, 0) is 6.42 Å². The van der Waals surface area contributed by atoms with Gasteiger partial charge in [0.1, 0.15) is 0 Å². The minimum Gasteiger partial charge on any atom is -0.310 e. The number of hydrogen-bond acceptors (Lipinski definition) is 1. The van der Waals surface area contributed by atoms with Crippen LogP contribution >= 0.6 is 0 Å². The fourth-order valence-electron chi connectivity index (χ4n) is 6.27. The molecular weight excluding hydrogens is 474 g/mol. The van der Waals surface area contributed by atoms with Gasteiger partial charge in [-0.1, -0.05) is 68.6 Å². The maximum atomic E-state index is 4.83. The van der Waals surface area contributed by atoms with E-state index in [4.69, 9.17) is 4.99 Å². The van der Waals surface area contributed by atoms with E-state index in [1.807, 2.05) is 12.1 Å². The maximum Gasteiger partial charge on any atom is 0.218 e. The van der Waals surface area contributed by atoms with Crippen molar-refractivity contribution in [2.75, 3.05) is 0 Å². The van der Waals surface area contributed by atoms with Gasteiger partial charge >= 0.3 is 0 Å². The molecule has 0 fully saturated rings. The molecule has 5 rings (SSSR count). The zero-order chi connectivity index (χ0) is 27.9. The third-order valence-electron chi connectivity index (χ3n) is 9.10. The van der Waals surface area contributed by atoms with Crippen molar-refractivity contribution in [2.45, 2.75) is 45.6 Å². The second-order valence-electron chi connectivity index (χ2n) is 11.2. The number of nitrogens with zero attached hydrogens (tertiary/aromatic N) is 3. The summed E-state index contributed by atoms with van der Waals surface area (Å²) in [6.07, 6.45) is 6.78. The average molecular weight is 513 g/mol. The van der Waals surface area contributed by atoms with E-state index in [1.54, 1.807) is 0 Å². The van der Waals surface area contributed by atoms with Crippen LogP contribution in [0.25, 0.3) is 46.7 Å². The lowest BCUT2D eigenvalue weighted by atomic mass is 9.62. The van der Waals surface area contributed by atoms with E-state index < -0.39 is 5.54 Å². The average Bonchev–Trinajstić information content (AvgIpc) is 3.20. The first kappa shape index (κ1) is 26.4. The lowest BCUT2D eigenvalue weighted by Gasteiger charge is -2.45. The van der Waals surface area contributed by atoms with Gasteiger partial charge in [0.05, 0.1) is 17.5 Å². The second-order valence-corrected chi connectivity index (χ2v) is 11.2. The first-order valence-corrected chi connectivity index (χ1v) is 13.5. The monoisotopic (exact) mass is 512 g/mol. The standard InChI is InChI=1S/C36H38N3/c1-25(23-26(2)39-29(5)28(4)31-16-11-12-19-34(31)39)35(6)21-20-30-15-9-10-17-32(30)33-18-13-14-22-38(33)27(3)24-36(35,7)37-8/h9-19,22-23H,2-5,8,20-21,24H2,1,6-7H3/q+1/b25-23+. The van der Waals surface area contributed by atoms with E-state index in [0.29, 0.717) is 6.42 Å². The fraction of sp³-hybridized carbons (Fsp3) is 0.222. The Bertz CT molecular complexity index is 1770. The van der Waals surface area contributed by atoms with Gasteiger partial charge in [-0.05, 0) is 69.8 Å². The molecule has 1 aliphatic rings. The van der Waals surface area contributed by atoms with Gasteiger partial charge in [0.25, 0.3) is 0 Å². The first-order chi connectivity index (χ1) is 18.6.